The molecule has 1 heterocycles. The van der Waals surface area contributed by atoms with Gasteiger partial charge in [-0.25, -0.2) is 0 Å². The molecular formula is C18H15NO2S. The monoisotopic (exact) mass is 309 g/mol. The van der Waals surface area contributed by atoms with Crippen molar-refractivity contribution in [3.63, 3.8) is 0 Å². The standard InChI is InChI=1S/C18H15NO2S/c1-13(20)14-9-10-17(16(12-14)18-8-5-11-21-18)19-22-15-6-3-2-4-7-15/h2-12,19H,1H3. The first-order valence-corrected chi connectivity index (χ1v) is 7.72. The zero-order valence-electron chi connectivity index (χ0n) is 12.1. The molecule has 1 N–H and O–H groups in total. The van der Waals surface area contributed by atoms with Crippen molar-refractivity contribution in [2.24, 2.45) is 0 Å². The minimum Gasteiger partial charge on any atom is -0.464 e. The molecule has 0 atom stereocenters. The van der Waals surface area contributed by atoms with Gasteiger partial charge >= 0.3 is 0 Å². The summed E-state index contributed by atoms with van der Waals surface area (Å²) in [6, 6.07) is 19.4. The fourth-order valence-electron chi connectivity index (χ4n) is 2.09. The highest BCUT2D eigenvalue weighted by atomic mass is 32.2. The van der Waals surface area contributed by atoms with Crippen LogP contribution in [-0.2, 0) is 0 Å². The van der Waals surface area contributed by atoms with Gasteiger partial charge in [0, 0.05) is 16.0 Å². The van der Waals surface area contributed by atoms with Crippen LogP contribution in [0.1, 0.15) is 17.3 Å². The summed E-state index contributed by atoms with van der Waals surface area (Å²) in [5, 5.41) is 0. The van der Waals surface area contributed by atoms with E-state index < -0.39 is 0 Å². The van der Waals surface area contributed by atoms with E-state index in [1.54, 1.807) is 13.2 Å². The van der Waals surface area contributed by atoms with Gasteiger partial charge in [0.1, 0.15) is 5.76 Å². The number of rotatable bonds is 5. The molecule has 0 aliphatic heterocycles. The van der Waals surface area contributed by atoms with Gasteiger partial charge in [-0.15, -0.1) is 0 Å². The third-order valence-electron chi connectivity index (χ3n) is 3.23. The second-order valence-corrected chi connectivity index (χ2v) is 5.69. The third kappa shape index (κ3) is 3.23. The summed E-state index contributed by atoms with van der Waals surface area (Å²) in [5.41, 5.74) is 2.46. The van der Waals surface area contributed by atoms with E-state index in [0.717, 1.165) is 21.9 Å². The molecule has 0 unspecified atom stereocenters. The molecule has 1 aromatic heterocycles. The van der Waals surface area contributed by atoms with E-state index in [9.17, 15) is 4.79 Å². The van der Waals surface area contributed by atoms with Gasteiger partial charge in [0.15, 0.2) is 5.78 Å². The van der Waals surface area contributed by atoms with Crippen LogP contribution in [0, 0.1) is 0 Å². The summed E-state index contributed by atoms with van der Waals surface area (Å²) >= 11 is 1.52. The molecule has 3 nitrogen and oxygen atoms in total. The normalized spacial score (nSPS) is 10.4. The minimum absolute atomic E-state index is 0.0371. The number of carbonyl (C=O) groups is 1. The van der Waals surface area contributed by atoms with Gasteiger partial charge in [0.25, 0.3) is 0 Å². The van der Waals surface area contributed by atoms with Crippen molar-refractivity contribution in [3.8, 4) is 11.3 Å². The van der Waals surface area contributed by atoms with Crippen molar-refractivity contribution in [1.29, 1.82) is 0 Å². The third-order valence-corrected chi connectivity index (χ3v) is 4.06. The van der Waals surface area contributed by atoms with Gasteiger partial charge in [-0.3, -0.25) is 4.79 Å². The smallest absolute Gasteiger partial charge is 0.159 e. The Hall–Kier alpha value is -2.46. The highest BCUT2D eigenvalue weighted by Gasteiger charge is 2.11. The molecule has 0 saturated heterocycles. The summed E-state index contributed by atoms with van der Waals surface area (Å²) in [5.74, 6) is 0.773. The van der Waals surface area contributed by atoms with Crippen molar-refractivity contribution in [2.45, 2.75) is 11.8 Å². The highest BCUT2D eigenvalue weighted by Crippen LogP contribution is 2.32. The molecule has 2 aromatic carbocycles. The molecule has 0 amide bonds. The number of furan rings is 1. The molecule has 3 aromatic rings. The molecule has 0 saturated carbocycles. The van der Waals surface area contributed by atoms with Crippen molar-refractivity contribution >= 4 is 23.4 Å². The maximum absolute atomic E-state index is 11.6. The molecule has 0 spiro atoms. The zero-order chi connectivity index (χ0) is 15.4. The quantitative estimate of drug-likeness (QED) is 0.515. The lowest BCUT2D eigenvalue weighted by atomic mass is 10.0. The van der Waals surface area contributed by atoms with Gasteiger partial charge in [-0.2, -0.15) is 0 Å². The summed E-state index contributed by atoms with van der Waals surface area (Å²) in [6.45, 7) is 1.56. The van der Waals surface area contributed by atoms with Crippen LogP contribution in [0.25, 0.3) is 11.3 Å². The van der Waals surface area contributed by atoms with Crippen molar-refractivity contribution in [1.82, 2.24) is 0 Å². The molecule has 4 heteroatoms. The Morgan fingerprint density at radius 1 is 1.05 bits per heavy atom. The van der Waals surface area contributed by atoms with E-state index in [0.29, 0.717) is 5.56 Å². The Labute approximate surface area is 133 Å². The molecule has 22 heavy (non-hydrogen) atoms. The summed E-state index contributed by atoms with van der Waals surface area (Å²) in [7, 11) is 0. The summed E-state index contributed by atoms with van der Waals surface area (Å²) in [6.07, 6.45) is 1.63. The molecule has 3 rings (SSSR count). The second-order valence-electron chi connectivity index (χ2n) is 4.81. The van der Waals surface area contributed by atoms with Crippen LogP contribution in [0.4, 0.5) is 5.69 Å². The van der Waals surface area contributed by atoms with E-state index in [-0.39, 0.29) is 5.78 Å². The number of nitrogens with one attached hydrogen (secondary N) is 1. The lowest BCUT2D eigenvalue weighted by molar-refractivity contribution is 0.101. The molecule has 0 aliphatic rings. The average Bonchev–Trinajstić information content (AvgIpc) is 3.08. The molecule has 0 fully saturated rings. The van der Waals surface area contributed by atoms with Crippen LogP contribution in [0.5, 0.6) is 0 Å². The van der Waals surface area contributed by atoms with Gasteiger partial charge in [-0.1, -0.05) is 18.2 Å². The van der Waals surface area contributed by atoms with E-state index in [1.165, 1.54) is 11.9 Å². The first-order chi connectivity index (χ1) is 10.7. The van der Waals surface area contributed by atoms with Gasteiger partial charge in [-0.05, 0) is 61.3 Å². The highest BCUT2D eigenvalue weighted by molar-refractivity contribution is 8.00. The molecule has 0 bridgehead atoms. The van der Waals surface area contributed by atoms with Crippen molar-refractivity contribution < 1.29 is 9.21 Å². The first-order valence-electron chi connectivity index (χ1n) is 6.91. The average molecular weight is 309 g/mol. The van der Waals surface area contributed by atoms with E-state index in [4.69, 9.17) is 4.42 Å². The lowest BCUT2D eigenvalue weighted by Gasteiger charge is -2.11. The van der Waals surface area contributed by atoms with E-state index in [1.807, 2.05) is 60.7 Å². The van der Waals surface area contributed by atoms with Crippen LogP contribution < -0.4 is 4.72 Å². The fraction of sp³-hybridized carbons (Fsp3) is 0.0556. The topological polar surface area (TPSA) is 42.2 Å². The number of benzene rings is 2. The van der Waals surface area contributed by atoms with E-state index >= 15 is 0 Å². The number of carbonyl (C=O) groups excluding carboxylic acids is 1. The Bertz CT molecular complexity index is 767. The van der Waals surface area contributed by atoms with Gasteiger partial charge in [0.05, 0.1) is 12.0 Å². The number of hydrogen-bond acceptors (Lipinski definition) is 4. The van der Waals surface area contributed by atoms with Crippen molar-refractivity contribution in [3.05, 3.63) is 72.5 Å². The number of anilines is 1. The summed E-state index contributed by atoms with van der Waals surface area (Å²) in [4.78, 5) is 12.7. The summed E-state index contributed by atoms with van der Waals surface area (Å²) < 4.78 is 8.82. The van der Waals surface area contributed by atoms with Crippen molar-refractivity contribution in [2.75, 3.05) is 4.72 Å². The second kappa shape index (κ2) is 6.54. The number of Topliss-reactive ketones (excluding diaryl/α,β-unsaturated/α-hetero) is 1. The maximum Gasteiger partial charge on any atom is 0.159 e. The predicted molar refractivity (Wildman–Crippen MR) is 90.1 cm³/mol. The van der Waals surface area contributed by atoms with Crippen LogP contribution >= 0.6 is 11.9 Å². The van der Waals surface area contributed by atoms with Crippen LogP contribution in [0.2, 0.25) is 0 Å². The first kappa shape index (κ1) is 14.5. The largest absolute Gasteiger partial charge is 0.464 e. The number of hydrogen-bond donors (Lipinski definition) is 1. The van der Waals surface area contributed by atoms with Gasteiger partial charge < -0.3 is 9.14 Å². The molecular weight excluding hydrogens is 294 g/mol. The molecule has 110 valence electrons. The van der Waals surface area contributed by atoms with Crippen LogP contribution in [0.3, 0.4) is 0 Å². The molecule has 0 aliphatic carbocycles. The minimum atomic E-state index is 0.0371. The molecule has 0 radical (unpaired) electrons. The zero-order valence-corrected chi connectivity index (χ0v) is 12.9. The van der Waals surface area contributed by atoms with Crippen LogP contribution in [-0.4, -0.2) is 5.78 Å². The Morgan fingerprint density at radius 3 is 2.55 bits per heavy atom. The lowest BCUT2D eigenvalue weighted by Crippen LogP contribution is -1.96. The maximum atomic E-state index is 11.6. The SMILES string of the molecule is CC(=O)c1ccc(NSc2ccccc2)c(-c2ccco2)c1. The van der Waals surface area contributed by atoms with Crippen LogP contribution in [0.15, 0.2) is 76.2 Å². The number of ketones is 1. The predicted octanol–water partition coefficient (Wildman–Crippen LogP) is 5.27. The Kier molecular flexibility index (Phi) is 4.30. The van der Waals surface area contributed by atoms with E-state index in [2.05, 4.69) is 4.72 Å². The van der Waals surface area contributed by atoms with Gasteiger partial charge in [0.2, 0.25) is 0 Å². The Balaban J connectivity index is 1.91. The Morgan fingerprint density at radius 2 is 1.86 bits per heavy atom. The fourth-order valence-corrected chi connectivity index (χ4v) is 2.79.